The minimum Gasteiger partial charge on any atom is -0.353 e. The first-order valence-electron chi connectivity index (χ1n) is 15.8. The van der Waals surface area contributed by atoms with Crippen molar-refractivity contribution in [1.29, 1.82) is 0 Å². The Labute approximate surface area is 286 Å². The molecule has 242 valence electrons. The van der Waals surface area contributed by atoms with Gasteiger partial charge in [-0.05, 0) is 65.1 Å². The Morgan fingerprint density at radius 2 is 1.40 bits per heavy atom. The van der Waals surface area contributed by atoms with Crippen LogP contribution >= 0.6 is 11.6 Å². The fourth-order valence-corrected chi connectivity index (χ4v) is 7.19. The summed E-state index contributed by atoms with van der Waals surface area (Å²) < 4.78 is 36.8. The molecule has 0 spiro atoms. The second kappa shape index (κ2) is 15.0. The number of sulfone groups is 1. The van der Waals surface area contributed by atoms with Crippen molar-refractivity contribution in [3.05, 3.63) is 162 Å². The van der Waals surface area contributed by atoms with Gasteiger partial charge in [-0.2, -0.15) is 4.68 Å². The molecule has 1 aliphatic rings. The highest BCUT2D eigenvalue weighted by molar-refractivity contribution is 7.91. The predicted octanol–water partition coefficient (Wildman–Crippen LogP) is 7.34. The molecule has 5 aromatic rings. The van der Waals surface area contributed by atoms with E-state index in [2.05, 4.69) is 27.4 Å². The van der Waals surface area contributed by atoms with Crippen LogP contribution in [0.2, 0.25) is 0 Å². The molecular formula is C39H35ClN4O3S. The summed E-state index contributed by atoms with van der Waals surface area (Å²) in [7, 11) is -4.01. The smallest absolute Gasteiger partial charge is 0.272 e. The largest absolute Gasteiger partial charge is 0.353 e. The van der Waals surface area contributed by atoms with E-state index in [0.717, 1.165) is 23.1 Å². The second-order valence-corrected chi connectivity index (χ2v) is 14.4. The number of ether oxygens (including phenoxy) is 1. The molecule has 1 fully saturated rings. The number of para-hydroxylation sites is 1. The molecule has 1 saturated carbocycles. The molecule has 1 heterocycles. The Hall–Kier alpha value is -4.81. The van der Waals surface area contributed by atoms with Crippen molar-refractivity contribution < 1.29 is 13.2 Å². The van der Waals surface area contributed by atoms with Crippen molar-refractivity contribution in [3.63, 3.8) is 0 Å². The normalized spacial score (nSPS) is 17.5. The topological polar surface area (TPSA) is 87.0 Å². The van der Waals surface area contributed by atoms with Crippen LogP contribution in [0.25, 0.3) is 5.69 Å². The van der Waals surface area contributed by atoms with Gasteiger partial charge in [0.05, 0.1) is 17.0 Å². The van der Waals surface area contributed by atoms with Gasteiger partial charge < -0.3 is 4.74 Å². The molecule has 0 radical (unpaired) electrons. The summed E-state index contributed by atoms with van der Waals surface area (Å²) >= 11 is 6.09. The second-order valence-electron chi connectivity index (χ2n) is 11.6. The van der Waals surface area contributed by atoms with Crippen LogP contribution in [0, 0.1) is 17.8 Å². The molecule has 1 aliphatic carbocycles. The zero-order chi connectivity index (χ0) is 33.4. The molecule has 48 heavy (non-hydrogen) atoms. The Kier molecular flexibility index (Phi) is 10.3. The minimum atomic E-state index is -4.01. The standard InChI is InChI=1S/C39H35ClN4O3S/c1-30(48(45,46)38-41-42-43-44(38)35-25-15-7-16-26-35)28-36(27-17-3-2-8-18-31-29-37(31)40)47-39(32-19-9-4-10-20-32,33-21-11-5-12-22-33)34-23-13-6-14-24-34/h2-7,9-17,19-27,30-31,36-37H,28-29H2,1H3/b3-2+,27-17+/t30-,31-,36+,37-/m1/s1. The Balaban J connectivity index is 1.40. The van der Waals surface area contributed by atoms with Gasteiger partial charge in [0.2, 0.25) is 9.84 Å². The zero-order valence-corrected chi connectivity index (χ0v) is 28.0. The van der Waals surface area contributed by atoms with Gasteiger partial charge in [-0.15, -0.1) is 11.6 Å². The highest BCUT2D eigenvalue weighted by Gasteiger charge is 2.41. The Morgan fingerprint density at radius 3 is 1.92 bits per heavy atom. The summed E-state index contributed by atoms with van der Waals surface area (Å²) in [6.07, 6.45) is 7.68. The predicted molar refractivity (Wildman–Crippen MR) is 188 cm³/mol. The molecule has 7 nitrogen and oxygen atoms in total. The average molecular weight is 675 g/mol. The molecule has 0 N–H and O–H groups in total. The average Bonchev–Trinajstić information content (AvgIpc) is 3.60. The lowest BCUT2D eigenvalue weighted by atomic mass is 9.79. The van der Waals surface area contributed by atoms with Gasteiger partial charge in [-0.25, -0.2) is 8.42 Å². The van der Waals surface area contributed by atoms with Gasteiger partial charge in [0.15, 0.2) is 0 Å². The SMILES string of the molecule is C[C@H](C[C@H](/C=C/C=C/C#C[C@@H]1C[C@H]1Cl)OC(c1ccccc1)(c1ccccc1)c1ccccc1)S(=O)(=O)c1nnnn1-c1ccccc1. The molecule has 0 amide bonds. The number of hydrogen-bond donors (Lipinski definition) is 0. The molecule has 4 aromatic carbocycles. The van der Waals surface area contributed by atoms with Gasteiger partial charge >= 0.3 is 0 Å². The lowest BCUT2D eigenvalue weighted by Gasteiger charge is -2.39. The maximum atomic E-state index is 14.1. The molecule has 0 saturated heterocycles. The highest BCUT2D eigenvalue weighted by atomic mass is 35.5. The lowest BCUT2D eigenvalue weighted by Crippen LogP contribution is -2.38. The van der Waals surface area contributed by atoms with Crippen molar-refractivity contribution in [3.8, 4) is 17.5 Å². The number of aromatic nitrogens is 4. The molecular weight excluding hydrogens is 640 g/mol. The molecule has 1 aromatic heterocycles. The van der Waals surface area contributed by atoms with Crippen molar-refractivity contribution in [2.24, 2.45) is 5.92 Å². The molecule has 0 unspecified atom stereocenters. The summed E-state index contributed by atoms with van der Waals surface area (Å²) in [5.74, 6) is 6.44. The number of benzene rings is 4. The van der Waals surface area contributed by atoms with Gasteiger partial charge in [0, 0.05) is 11.3 Å². The number of halogens is 1. The van der Waals surface area contributed by atoms with E-state index in [1.165, 1.54) is 4.68 Å². The number of rotatable bonds is 12. The van der Waals surface area contributed by atoms with Gasteiger partial charge in [0.1, 0.15) is 5.60 Å². The van der Waals surface area contributed by atoms with Gasteiger partial charge in [0.25, 0.3) is 5.16 Å². The number of nitrogens with zero attached hydrogens (tertiary/aromatic N) is 4. The first-order chi connectivity index (χ1) is 23.4. The van der Waals surface area contributed by atoms with Crippen LogP contribution in [0.3, 0.4) is 0 Å². The van der Waals surface area contributed by atoms with Crippen molar-refractivity contribution in [2.45, 2.75) is 47.3 Å². The number of hydrogen-bond acceptors (Lipinski definition) is 6. The number of tetrazole rings is 1. The van der Waals surface area contributed by atoms with E-state index in [1.54, 1.807) is 37.3 Å². The van der Waals surface area contributed by atoms with Gasteiger partial charge in [-0.3, -0.25) is 0 Å². The van der Waals surface area contributed by atoms with Crippen molar-refractivity contribution in [1.82, 2.24) is 20.2 Å². The fourth-order valence-electron chi connectivity index (χ4n) is 5.60. The van der Waals surface area contributed by atoms with Crippen LogP contribution in [0.15, 0.2) is 151 Å². The van der Waals surface area contributed by atoms with Gasteiger partial charge in [-0.1, -0.05) is 144 Å². The molecule has 4 atom stereocenters. The maximum absolute atomic E-state index is 14.1. The third kappa shape index (κ3) is 7.34. The summed E-state index contributed by atoms with van der Waals surface area (Å²) in [5, 5.41) is 10.6. The lowest BCUT2D eigenvalue weighted by molar-refractivity contribution is -0.0276. The number of allylic oxidation sites excluding steroid dienone is 3. The third-order valence-electron chi connectivity index (χ3n) is 8.26. The minimum absolute atomic E-state index is 0.115. The Bertz CT molecular complexity index is 1930. The van der Waals surface area contributed by atoms with Crippen molar-refractivity contribution >= 4 is 21.4 Å². The van der Waals surface area contributed by atoms with Crippen LogP contribution in [0.4, 0.5) is 0 Å². The first-order valence-corrected chi connectivity index (χ1v) is 17.8. The zero-order valence-electron chi connectivity index (χ0n) is 26.4. The van der Waals surface area contributed by atoms with Crippen LogP contribution in [-0.2, 0) is 20.2 Å². The fraction of sp³-hybridized carbons (Fsp3) is 0.205. The molecule has 6 rings (SSSR count). The monoisotopic (exact) mass is 674 g/mol. The van der Waals surface area contributed by atoms with E-state index >= 15 is 0 Å². The number of alkyl halides is 1. The maximum Gasteiger partial charge on any atom is 0.272 e. The highest BCUT2D eigenvalue weighted by Crippen LogP contribution is 2.42. The van der Waals surface area contributed by atoms with E-state index in [0.29, 0.717) is 5.69 Å². The van der Waals surface area contributed by atoms with E-state index in [9.17, 15) is 8.42 Å². The van der Waals surface area contributed by atoms with Crippen LogP contribution in [-0.4, -0.2) is 45.4 Å². The summed E-state index contributed by atoms with van der Waals surface area (Å²) in [6, 6.07) is 38.9. The first kappa shape index (κ1) is 33.1. The third-order valence-corrected chi connectivity index (χ3v) is 10.8. The summed E-state index contributed by atoms with van der Waals surface area (Å²) in [6.45, 7) is 1.66. The summed E-state index contributed by atoms with van der Waals surface area (Å²) in [4.78, 5) is 0. The Morgan fingerprint density at radius 1 is 0.875 bits per heavy atom. The van der Waals surface area contributed by atoms with Crippen LogP contribution < -0.4 is 0 Å². The summed E-state index contributed by atoms with van der Waals surface area (Å²) in [5.41, 5.74) is 2.20. The van der Waals surface area contributed by atoms with Crippen LogP contribution in [0.1, 0.15) is 36.5 Å². The van der Waals surface area contributed by atoms with Crippen molar-refractivity contribution in [2.75, 3.05) is 0 Å². The van der Waals surface area contributed by atoms with Crippen LogP contribution in [0.5, 0.6) is 0 Å². The van der Waals surface area contributed by atoms with E-state index < -0.39 is 26.8 Å². The van der Waals surface area contributed by atoms with E-state index in [-0.39, 0.29) is 22.9 Å². The molecule has 0 aliphatic heterocycles. The quantitative estimate of drug-likeness (QED) is 0.0596. The van der Waals surface area contributed by atoms with E-state index in [4.69, 9.17) is 16.3 Å². The molecule has 0 bridgehead atoms. The van der Waals surface area contributed by atoms with E-state index in [1.807, 2.05) is 115 Å². The molecule has 9 heteroatoms.